The van der Waals surface area contributed by atoms with Crippen molar-refractivity contribution in [2.24, 2.45) is 0 Å². The van der Waals surface area contributed by atoms with Gasteiger partial charge in [0.1, 0.15) is 0 Å². The van der Waals surface area contributed by atoms with Gasteiger partial charge in [-0.25, -0.2) is 0 Å². The summed E-state index contributed by atoms with van der Waals surface area (Å²) in [5.74, 6) is 0. The molecule has 19 heavy (non-hydrogen) atoms. The van der Waals surface area contributed by atoms with Crippen LogP contribution in [0.4, 0.5) is 0 Å². The number of benzene rings is 1. The monoisotopic (exact) mass is 264 g/mol. The van der Waals surface area contributed by atoms with Gasteiger partial charge in [0, 0.05) is 25.7 Å². The summed E-state index contributed by atoms with van der Waals surface area (Å²) in [5.41, 5.74) is 4.06. The molecular weight excluding hydrogens is 236 g/mol. The molecule has 1 unspecified atom stereocenters. The van der Waals surface area contributed by atoms with Crippen LogP contribution in [0.3, 0.4) is 0 Å². The fraction of sp³-hybridized carbons (Fsp3) is 0.625. The maximum atomic E-state index is 5.41. The minimum atomic E-state index is 0.367. The lowest BCUT2D eigenvalue weighted by Gasteiger charge is -2.25. The second-order valence-electron chi connectivity index (χ2n) is 5.16. The molecule has 1 aromatic carbocycles. The average molecular weight is 264 g/mol. The van der Waals surface area contributed by atoms with E-state index in [1.165, 1.54) is 16.7 Å². The van der Waals surface area contributed by atoms with Crippen LogP contribution in [0, 0.1) is 13.8 Å². The molecule has 3 heteroatoms. The Bertz CT molecular complexity index is 379. The Morgan fingerprint density at radius 3 is 2.68 bits per heavy atom. The van der Waals surface area contributed by atoms with Gasteiger partial charge in [0.25, 0.3) is 0 Å². The smallest absolute Gasteiger partial charge is 0.0593 e. The molecular formula is C16H28N2O. The summed E-state index contributed by atoms with van der Waals surface area (Å²) in [6, 6.07) is 7.03. The summed E-state index contributed by atoms with van der Waals surface area (Å²) in [6.45, 7) is 9.92. The zero-order valence-corrected chi connectivity index (χ0v) is 13.0. The highest BCUT2D eigenvalue weighted by Gasteiger charge is 2.14. The third-order valence-electron chi connectivity index (χ3n) is 3.47. The van der Waals surface area contributed by atoms with E-state index in [0.717, 1.165) is 26.3 Å². The molecule has 0 spiro atoms. The number of aryl methyl sites for hydroxylation is 2. The fourth-order valence-corrected chi connectivity index (χ4v) is 2.25. The van der Waals surface area contributed by atoms with Gasteiger partial charge in [-0.3, -0.25) is 0 Å². The second kappa shape index (κ2) is 8.31. The summed E-state index contributed by atoms with van der Waals surface area (Å²) < 4.78 is 5.41. The minimum Gasteiger partial charge on any atom is -0.380 e. The molecule has 108 valence electrons. The normalized spacial score (nSPS) is 12.9. The van der Waals surface area contributed by atoms with Gasteiger partial charge in [0.05, 0.1) is 6.61 Å². The van der Waals surface area contributed by atoms with Crippen LogP contribution in [-0.2, 0) is 4.74 Å². The third-order valence-corrected chi connectivity index (χ3v) is 3.47. The van der Waals surface area contributed by atoms with E-state index in [0.29, 0.717) is 6.04 Å². The lowest BCUT2D eigenvalue weighted by Crippen LogP contribution is -2.33. The number of ether oxygens (including phenoxy) is 1. The molecule has 0 aliphatic rings. The van der Waals surface area contributed by atoms with Crippen molar-refractivity contribution in [1.29, 1.82) is 0 Å². The zero-order chi connectivity index (χ0) is 14.3. The van der Waals surface area contributed by atoms with Crippen LogP contribution < -0.4 is 5.32 Å². The van der Waals surface area contributed by atoms with Crippen molar-refractivity contribution >= 4 is 0 Å². The number of rotatable bonds is 8. The van der Waals surface area contributed by atoms with Gasteiger partial charge in [-0.2, -0.15) is 0 Å². The van der Waals surface area contributed by atoms with Gasteiger partial charge in [-0.1, -0.05) is 23.8 Å². The quantitative estimate of drug-likeness (QED) is 0.730. The lowest BCUT2D eigenvalue weighted by molar-refractivity contribution is 0.119. The van der Waals surface area contributed by atoms with Crippen LogP contribution in [0.2, 0.25) is 0 Å². The van der Waals surface area contributed by atoms with Gasteiger partial charge < -0.3 is 15.0 Å². The summed E-state index contributed by atoms with van der Waals surface area (Å²) in [7, 11) is 4.18. The van der Waals surface area contributed by atoms with Gasteiger partial charge in [0.15, 0.2) is 0 Å². The maximum absolute atomic E-state index is 5.41. The molecule has 1 rings (SSSR count). The van der Waals surface area contributed by atoms with Crippen molar-refractivity contribution < 1.29 is 4.74 Å². The predicted molar refractivity (Wildman–Crippen MR) is 81.7 cm³/mol. The summed E-state index contributed by atoms with van der Waals surface area (Å²) in [6.07, 6.45) is 0. The molecule has 0 fully saturated rings. The molecule has 0 aliphatic heterocycles. The molecule has 1 aromatic rings. The summed E-state index contributed by atoms with van der Waals surface area (Å²) in [5, 5.41) is 3.43. The summed E-state index contributed by atoms with van der Waals surface area (Å²) in [4.78, 5) is 2.32. The first kappa shape index (κ1) is 16.2. The Balaban J connectivity index is 2.64. The highest BCUT2D eigenvalue weighted by Crippen LogP contribution is 2.19. The van der Waals surface area contributed by atoms with E-state index >= 15 is 0 Å². The number of nitrogens with one attached hydrogen (secondary N) is 1. The van der Waals surface area contributed by atoms with Crippen molar-refractivity contribution in [2.75, 3.05) is 40.4 Å². The topological polar surface area (TPSA) is 24.5 Å². The zero-order valence-electron chi connectivity index (χ0n) is 13.0. The Hall–Kier alpha value is -0.900. The number of hydrogen-bond donors (Lipinski definition) is 1. The van der Waals surface area contributed by atoms with Gasteiger partial charge in [-0.15, -0.1) is 0 Å². The maximum Gasteiger partial charge on any atom is 0.0593 e. The van der Waals surface area contributed by atoms with Crippen LogP contribution in [0.5, 0.6) is 0 Å². The molecule has 3 nitrogen and oxygen atoms in total. The lowest BCUT2D eigenvalue weighted by atomic mass is 9.98. The van der Waals surface area contributed by atoms with Gasteiger partial charge >= 0.3 is 0 Å². The van der Waals surface area contributed by atoms with Crippen molar-refractivity contribution in [3.63, 3.8) is 0 Å². The van der Waals surface area contributed by atoms with Crippen LogP contribution >= 0.6 is 0 Å². The van der Waals surface area contributed by atoms with E-state index in [2.05, 4.69) is 49.3 Å². The number of hydrogen-bond acceptors (Lipinski definition) is 3. The van der Waals surface area contributed by atoms with Crippen molar-refractivity contribution in [3.8, 4) is 0 Å². The van der Waals surface area contributed by atoms with Gasteiger partial charge in [-0.05, 0) is 46.0 Å². The highest BCUT2D eigenvalue weighted by molar-refractivity contribution is 5.33. The Labute approximate surface area is 118 Å². The predicted octanol–water partition coefficient (Wildman–Crippen LogP) is 2.53. The first-order valence-electron chi connectivity index (χ1n) is 7.09. The SMILES string of the molecule is CCOCCN(C)CC(NC)c1cc(C)ccc1C. The number of likely N-dealkylation sites (N-methyl/N-ethyl adjacent to an activating group) is 2. The average Bonchev–Trinajstić information content (AvgIpc) is 2.39. The number of nitrogens with zero attached hydrogens (tertiary/aromatic N) is 1. The minimum absolute atomic E-state index is 0.367. The van der Waals surface area contributed by atoms with Crippen LogP contribution in [0.25, 0.3) is 0 Å². The Morgan fingerprint density at radius 2 is 2.05 bits per heavy atom. The molecule has 0 radical (unpaired) electrons. The van der Waals surface area contributed by atoms with E-state index in [1.807, 2.05) is 14.0 Å². The molecule has 0 heterocycles. The second-order valence-corrected chi connectivity index (χ2v) is 5.16. The Kier molecular flexibility index (Phi) is 7.06. The van der Waals surface area contributed by atoms with Crippen LogP contribution in [0.1, 0.15) is 29.7 Å². The largest absolute Gasteiger partial charge is 0.380 e. The fourth-order valence-electron chi connectivity index (χ4n) is 2.25. The van der Waals surface area contributed by atoms with Crippen LogP contribution in [0.15, 0.2) is 18.2 Å². The van der Waals surface area contributed by atoms with Crippen molar-refractivity contribution in [1.82, 2.24) is 10.2 Å². The molecule has 0 saturated carbocycles. The molecule has 1 atom stereocenters. The standard InChI is InChI=1S/C16H28N2O/c1-6-19-10-9-18(5)12-16(17-4)15-11-13(2)7-8-14(15)3/h7-8,11,16-17H,6,9-10,12H2,1-5H3. The van der Waals surface area contributed by atoms with E-state index in [9.17, 15) is 0 Å². The van der Waals surface area contributed by atoms with E-state index in [1.54, 1.807) is 0 Å². The molecule has 0 aliphatic carbocycles. The van der Waals surface area contributed by atoms with Crippen LogP contribution in [-0.4, -0.2) is 45.3 Å². The third kappa shape index (κ3) is 5.31. The van der Waals surface area contributed by atoms with E-state index in [4.69, 9.17) is 4.74 Å². The van der Waals surface area contributed by atoms with E-state index in [-0.39, 0.29) is 0 Å². The first-order chi connectivity index (χ1) is 9.08. The van der Waals surface area contributed by atoms with Crippen molar-refractivity contribution in [2.45, 2.75) is 26.8 Å². The van der Waals surface area contributed by atoms with E-state index < -0.39 is 0 Å². The Morgan fingerprint density at radius 1 is 1.32 bits per heavy atom. The molecule has 0 bridgehead atoms. The van der Waals surface area contributed by atoms with Gasteiger partial charge in [0.2, 0.25) is 0 Å². The van der Waals surface area contributed by atoms with Crippen molar-refractivity contribution in [3.05, 3.63) is 34.9 Å². The molecule has 0 amide bonds. The molecule has 0 saturated heterocycles. The molecule has 1 N–H and O–H groups in total. The highest BCUT2D eigenvalue weighted by atomic mass is 16.5. The molecule has 0 aromatic heterocycles. The first-order valence-corrected chi connectivity index (χ1v) is 7.09. The summed E-state index contributed by atoms with van der Waals surface area (Å²) >= 11 is 0.